The summed E-state index contributed by atoms with van der Waals surface area (Å²) < 4.78 is 13.0. The normalized spacial score (nSPS) is 16.3. The maximum atomic E-state index is 13.0. The van der Waals surface area contributed by atoms with Crippen molar-refractivity contribution in [3.8, 4) is 0 Å². The average Bonchev–Trinajstić information content (AvgIpc) is 2.69. The van der Waals surface area contributed by atoms with E-state index in [1.54, 1.807) is 24.5 Å². The molecule has 0 radical (unpaired) electrons. The molecule has 26 heavy (non-hydrogen) atoms. The van der Waals surface area contributed by atoms with Gasteiger partial charge in [0.05, 0.1) is 6.04 Å². The zero-order valence-corrected chi connectivity index (χ0v) is 14.8. The van der Waals surface area contributed by atoms with Gasteiger partial charge < -0.3 is 4.90 Å². The summed E-state index contributed by atoms with van der Waals surface area (Å²) in [5, 5.41) is 0. The fraction of sp³-hybridized carbons (Fsp3) is 0.368. The molecule has 0 aliphatic carbocycles. The highest BCUT2D eigenvalue weighted by molar-refractivity contribution is 5.80. The second kappa shape index (κ2) is 8.73. The van der Waals surface area contributed by atoms with Gasteiger partial charge in [-0.25, -0.2) is 9.87 Å². The first-order chi connectivity index (χ1) is 12.6. The largest absolute Gasteiger partial charge is 0.369 e. The molecule has 1 N–H and O–H groups in total. The van der Waals surface area contributed by atoms with Crippen molar-refractivity contribution in [2.24, 2.45) is 0 Å². The lowest BCUT2D eigenvalue weighted by Crippen LogP contribution is -2.53. The van der Waals surface area contributed by atoms with Crippen LogP contribution >= 0.6 is 0 Å². The summed E-state index contributed by atoms with van der Waals surface area (Å²) in [7, 11) is 0. The molecule has 0 spiro atoms. The summed E-state index contributed by atoms with van der Waals surface area (Å²) in [6.45, 7) is 5.25. The van der Waals surface area contributed by atoms with Crippen LogP contribution in [0.2, 0.25) is 0 Å². The van der Waals surface area contributed by atoms with Crippen molar-refractivity contribution < 1.29 is 14.0 Å². The zero-order chi connectivity index (χ0) is 18.4. The first-order valence-electron chi connectivity index (χ1n) is 8.68. The summed E-state index contributed by atoms with van der Waals surface area (Å²) in [4.78, 5) is 25.9. The maximum absolute atomic E-state index is 13.0. The Morgan fingerprint density at radius 1 is 1.23 bits per heavy atom. The molecule has 1 fully saturated rings. The molecule has 1 amide bonds. The molecule has 2 aromatic rings. The standard InChI is InChI=1S/C19H23FN4O2/c1-15(19(25)22-26-14-16-3-2-8-21-13-16)23-9-11-24(12-10-23)18-6-4-17(20)5-7-18/h2-8,13,15H,9-12,14H2,1H3,(H,22,25). The number of nitrogens with zero attached hydrogens (tertiary/aromatic N) is 3. The van der Waals surface area contributed by atoms with Crippen LogP contribution in [0.4, 0.5) is 10.1 Å². The minimum absolute atomic E-state index is 0.163. The van der Waals surface area contributed by atoms with E-state index in [1.165, 1.54) is 12.1 Å². The Kier molecular flexibility index (Phi) is 6.14. The number of hydrogen-bond acceptors (Lipinski definition) is 5. The highest BCUT2D eigenvalue weighted by atomic mass is 19.1. The molecular weight excluding hydrogens is 335 g/mol. The third-order valence-electron chi connectivity index (χ3n) is 4.57. The van der Waals surface area contributed by atoms with Gasteiger partial charge in [0.25, 0.3) is 5.91 Å². The number of amides is 1. The Labute approximate surface area is 152 Å². The smallest absolute Gasteiger partial charge is 0.260 e. The molecule has 1 atom stereocenters. The number of hydrogen-bond donors (Lipinski definition) is 1. The van der Waals surface area contributed by atoms with Gasteiger partial charge in [-0.15, -0.1) is 0 Å². The average molecular weight is 358 g/mol. The van der Waals surface area contributed by atoms with E-state index in [4.69, 9.17) is 4.84 Å². The molecule has 1 saturated heterocycles. The van der Waals surface area contributed by atoms with Crippen LogP contribution in [0.25, 0.3) is 0 Å². The van der Waals surface area contributed by atoms with Crippen molar-refractivity contribution in [1.82, 2.24) is 15.4 Å². The van der Waals surface area contributed by atoms with Gasteiger partial charge in [-0.05, 0) is 42.8 Å². The molecule has 6 nitrogen and oxygen atoms in total. The number of aromatic nitrogens is 1. The van der Waals surface area contributed by atoms with Gasteiger partial charge in [0.1, 0.15) is 12.4 Å². The van der Waals surface area contributed by atoms with Gasteiger partial charge in [-0.3, -0.25) is 19.5 Å². The SMILES string of the molecule is CC(C(=O)NOCc1cccnc1)N1CCN(c2ccc(F)cc2)CC1. The molecule has 138 valence electrons. The molecule has 7 heteroatoms. The number of benzene rings is 1. The van der Waals surface area contributed by atoms with Gasteiger partial charge in [0.15, 0.2) is 0 Å². The predicted molar refractivity (Wildman–Crippen MR) is 96.8 cm³/mol. The zero-order valence-electron chi connectivity index (χ0n) is 14.8. The van der Waals surface area contributed by atoms with Crippen molar-refractivity contribution in [2.45, 2.75) is 19.6 Å². The molecule has 1 aliphatic rings. The van der Waals surface area contributed by atoms with Crippen LogP contribution in [-0.2, 0) is 16.2 Å². The Bertz CT molecular complexity index is 703. The number of hydroxylamine groups is 1. The van der Waals surface area contributed by atoms with E-state index in [-0.39, 0.29) is 24.4 Å². The molecule has 0 bridgehead atoms. The Balaban J connectivity index is 1.43. The van der Waals surface area contributed by atoms with E-state index in [1.807, 2.05) is 19.1 Å². The number of carbonyl (C=O) groups is 1. The second-order valence-corrected chi connectivity index (χ2v) is 6.29. The van der Waals surface area contributed by atoms with Crippen LogP contribution in [0.3, 0.4) is 0 Å². The molecule has 1 aliphatic heterocycles. The summed E-state index contributed by atoms with van der Waals surface area (Å²) in [6.07, 6.45) is 3.39. The van der Waals surface area contributed by atoms with Crippen molar-refractivity contribution in [2.75, 3.05) is 31.1 Å². The first-order valence-corrected chi connectivity index (χ1v) is 8.68. The van der Waals surface area contributed by atoms with Gasteiger partial charge in [0.2, 0.25) is 0 Å². The Hall–Kier alpha value is -2.51. The molecule has 3 rings (SSSR count). The van der Waals surface area contributed by atoms with Gasteiger partial charge >= 0.3 is 0 Å². The molecule has 2 heterocycles. The van der Waals surface area contributed by atoms with Crippen LogP contribution in [0.1, 0.15) is 12.5 Å². The lowest BCUT2D eigenvalue weighted by molar-refractivity contribution is -0.139. The topological polar surface area (TPSA) is 57.7 Å². The van der Waals surface area contributed by atoms with Crippen molar-refractivity contribution in [3.63, 3.8) is 0 Å². The van der Waals surface area contributed by atoms with Crippen molar-refractivity contribution >= 4 is 11.6 Å². The van der Waals surface area contributed by atoms with E-state index in [2.05, 4.69) is 20.3 Å². The fourth-order valence-corrected chi connectivity index (χ4v) is 2.94. The van der Waals surface area contributed by atoms with E-state index in [0.717, 1.165) is 37.4 Å². The fourth-order valence-electron chi connectivity index (χ4n) is 2.94. The minimum Gasteiger partial charge on any atom is -0.369 e. The number of carbonyl (C=O) groups excluding carboxylic acids is 1. The van der Waals surface area contributed by atoms with E-state index >= 15 is 0 Å². The number of rotatable bonds is 6. The highest BCUT2D eigenvalue weighted by Gasteiger charge is 2.25. The lowest BCUT2D eigenvalue weighted by atomic mass is 10.2. The van der Waals surface area contributed by atoms with Crippen molar-refractivity contribution in [1.29, 1.82) is 0 Å². The molecule has 1 aromatic heterocycles. The number of piperazine rings is 1. The highest BCUT2D eigenvalue weighted by Crippen LogP contribution is 2.17. The van der Waals surface area contributed by atoms with Crippen LogP contribution in [0.15, 0.2) is 48.8 Å². The quantitative estimate of drug-likeness (QED) is 0.801. The number of nitrogens with one attached hydrogen (secondary N) is 1. The second-order valence-electron chi connectivity index (χ2n) is 6.29. The van der Waals surface area contributed by atoms with Gasteiger partial charge in [-0.1, -0.05) is 6.07 Å². The summed E-state index contributed by atoms with van der Waals surface area (Å²) >= 11 is 0. The van der Waals surface area contributed by atoms with Gasteiger partial charge in [-0.2, -0.15) is 0 Å². The molecule has 1 aromatic carbocycles. The monoisotopic (exact) mass is 358 g/mol. The molecule has 0 saturated carbocycles. The van der Waals surface area contributed by atoms with Crippen LogP contribution in [-0.4, -0.2) is 48.0 Å². The third-order valence-corrected chi connectivity index (χ3v) is 4.57. The Morgan fingerprint density at radius 2 is 1.96 bits per heavy atom. The Morgan fingerprint density at radius 3 is 2.62 bits per heavy atom. The van der Waals surface area contributed by atoms with Crippen LogP contribution < -0.4 is 10.4 Å². The predicted octanol–water partition coefficient (Wildman–Crippen LogP) is 1.98. The maximum Gasteiger partial charge on any atom is 0.260 e. The number of anilines is 1. The van der Waals surface area contributed by atoms with Gasteiger partial charge in [0, 0.05) is 44.3 Å². The van der Waals surface area contributed by atoms with Crippen LogP contribution in [0.5, 0.6) is 0 Å². The minimum atomic E-state index is -0.278. The summed E-state index contributed by atoms with van der Waals surface area (Å²) in [5.74, 6) is -0.395. The number of halogens is 1. The third kappa shape index (κ3) is 4.77. The van der Waals surface area contributed by atoms with E-state index in [9.17, 15) is 9.18 Å². The van der Waals surface area contributed by atoms with E-state index < -0.39 is 0 Å². The lowest BCUT2D eigenvalue weighted by Gasteiger charge is -2.38. The number of pyridine rings is 1. The van der Waals surface area contributed by atoms with Crippen molar-refractivity contribution in [3.05, 3.63) is 60.2 Å². The van der Waals surface area contributed by atoms with Crippen LogP contribution in [0, 0.1) is 5.82 Å². The first kappa shape index (κ1) is 18.3. The summed E-state index contributed by atoms with van der Waals surface area (Å²) in [6, 6.07) is 9.94. The molecular formula is C19H23FN4O2. The molecule has 1 unspecified atom stereocenters. The van der Waals surface area contributed by atoms with E-state index in [0.29, 0.717) is 0 Å². The summed E-state index contributed by atoms with van der Waals surface area (Å²) in [5.41, 5.74) is 4.41.